The molecule has 0 aliphatic carbocycles. The van der Waals surface area contributed by atoms with Crippen LogP contribution in [0, 0.1) is 3.57 Å². The molecule has 8 heteroatoms. The number of nitrogens with one attached hydrogen (secondary N) is 1. The number of hydrogen-bond acceptors (Lipinski definition) is 5. The zero-order chi connectivity index (χ0) is 18.5. The van der Waals surface area contributed by atoms with Crippen molar-refractivity contribution in [1.82, 2.24) is 14.8 Å². The number of nitrogens with zero attached hydrogens (tertiary/aromatic N) is 3. The summed E-state index contributed by atoms with van der Waals surface area (Å²) in [4.78, 5) is 16.2. The van der Waals surface area contributed by atoms with Crippen LogP contribution in [-0.2, 0) is 6.54 Å². The van der Waals surface area contributed by atoms with Gasteiger partial charge in [-0.2, -0.15) is 0 Å². The SMILES string of the molecule is COc1ccc(C(O)Cn2cnc(C(=O)Nc3ccc(I)cc3)n2)cc1. The summed E-state index contributed by atoms with van der Waals surface area (Å²) in [6.45, 7) is 0.191. The molecule has 0 aliphatic rings. The zero-order valence-electron chi connectivity index (χ0n) is 14.0. The van der Waals surface area contributed by atoms with Gasteiger partial charge in [-0.25, -0.2) is 9.67 Å². The van der Waals surface area contributed by atoms with E-state index in [1.54, 1.807) is 31.4 Å². The molecule has 3 rings (SSSR count). The minimum absolute atomic E-state index is 0.0467. The van der Waals surface area contributed by atoms with Gasteiger partial charge in [0.1, 0.15) is 12.1 Å². The molecule has 0 saturated carbocycles. The standard InChI is InChI=1S/C18H17IN4O3/c1-26-15-8-2-12(3-9-15)16(24)10-23-11-20-17(22-23)18(25)21-14-6-4-13(19)5-7-14/h2-9,11,16,24H,10H2,1H3,(H,21,25). The van der Waals surface area contributed by atoms with Crippen LogP contribution < -0.4 is 10.1 Å². The van der Waals surface area contributed by atoms with Crippen LogP contribution in [0.2, 0.25) is 0 Å². The summed E-state index contributed by atoms with van der Waals surface area (Å²) in [6, 6.07) is 14.5. The number of hydrogen-bond donors (Lipinski definition) is 2. The Hall–Kier alpha value is -2.46. The van der Waals surface area contributed by atoms with Crippen molar-refractivity contribution in [2.24, 2.45) is 0 Å². The Morgan fingerprint density at radius 1 is 1.23 bits per heavy atom. The van der Waals surface area contributed by atoms with Gasteiger partial charge in [0.25, 0.3) is 5.91 Å². The number of halogens is 1. The molecule has 0 bridgehead atoms. The summed E-state index contributed by atoms with van der Waals surface area (Å²) in [5.41, 5.74) is 1.40. The molecule has 1 aromatic heterocycles. The fourth-order valence-electron chi connectivity index (χ4n) is 2.32. The van der Waals surface area contributed by atoms with Gasteiger partial charge >= 0.3 is 0 Å². The molecule has 0 radical (unpaired) electrons. The van der Waals surface area contributed by atoms with Gasteiger partial charge in [-0.05, 0) is 64.6 Å². The molecule has 0 spiro atoms. The van der Waals surface area contributed by atoms with E-state index in [9.17, 15) is 9.90 Å². The Kier molecular flexibility index (Phi) is 5.84. The summed E-state index contributed by atoms with van der Waals surface area (Å²) in [7, 11) is 1.59. The normalized spacial score (nSPS) is 11.8. The topological polar surface area (TPSA) is 89.3 Å². The number of carbonyl (C=O) groups is 1. The Morgan fingerprint density at radius 2 is 1.92 bits per heavy atom. The number of methoxy groups -OCH3 is 1. The van der Waals surface area contributed by atoms with E-state index >= 15 is 0 Å². The fraction of sp³-hybridized carbons (Fsp3) is 0.167. The van der Waals surface area contributed by atoms with Crippen LogP contribution >= 0.6 is 22.6 Å². The van der Waals surface area contributed by atoms with Gasteiger partial charge in [0.2, 0.25) is 5.82 Å². The number of ether oxygens (including phenoxy) is 1. The number of benzene rings is 2. The maximum atomic E-state index is 12.2. The van der Waals surface area contributed by atoms with Crippen molar-refractivity contribution in [3.8, 4) is 5.75 Å². The Balaban J connectivity index is 1.63. The molecule has 2 N–H and O–H groups in total. The molecule has 26 heavy (non-hydrogen) atoms. The average Bonchev–Trinajstić information content (AvgIpc) is 3.12. The maximum Gasteiger partial charge on any atom is 0.295 e. The summed E-state index contributed by atoms with van der Waals surface area (Å²) >= 11 is 2.19. The second-order valence-corrected chi connectivity index (χ2v) is 6.79. The lowest BCUT2D eigenvalue weighted by Crippen LogP contribution is -2.15. The van der Waals surface area contributed by atoms with Crippen LogP contribution in [0.5, 0.6) is 5.75 Å². The molecular weight excluding hydrogens is 447 g/mol. The van der Waals surface area contributed by atoms with Crippen molar-refractivity contribution in [1.29, 1.82) is 0 Å². The van der Waals surface area contributed by atoms with Crippen molar-refractivity contribution < 1.29 is 14.6 Å². The van der Waals surface area contributed by atoms with Gasteiger partial charge < -0.3 is 15.2 Å². The van der Waals surface area contributed by atoms with Gasteiger partial charge in [0.15, 0.2) is 0 Å². The first-order chi connectivity index (χ1) is 12.5. The zero-order valence-corrected chi connectivity index (χ0v) is 16.1. The third-order valence-corrected chi connectivity index (χ3v) is 4.42. The van der Waals surface area contributed by atoms with E-state index in [2.05, 4.69) is 38.0 Å². The van der Waals surface area contributed by atoms with Gasteiger partial charge in [0.05, 0.1) is 19.8 Å². The Morgan fingerprint density at radius 3 is 2.58 bits per heavy atom. The highest BCUT2D eigenvalue weighted by atomic mass is 127. The van der Waals surface area contributed by atoms with Crippen molar-refractivity contribution in [3.63, 3.8) is 0 Å². The lowest BCUT2D eigenvalue weighted by Gasteiger charge is -2.11. The molecule has 0 saturated heterocycles. The van der Waals surface area contributed by atoms with Gasteiger partial charge in [0, 0.05) is 9.26 Å². The van der Waals surface area contributed by atoms with Crippen LogP contribution in [0.4, 0.5) is 5.69 Å². The van der Waals surface area contributed by atoms with Gasteiger partial charge in [-0.3, -0.25) is 4.79 Å². The second-order valence-electron chi connectivity index (χ2n) is 5.54. The third-order valence-electron chi connectivity index (χ3n) is 3.70. The van der Waals surface area contributed by atoms with E-state index in [1.165, 1.54) is 11.0 Å². The number of aromatic nitrogens is 3. The van der Waals surface area contributed by atoms with E-state index in [0.29, 0.717) is 5.69 Å². The quantitative estimate of drug-likeness (QED) is 0.548. The van der Waals surface area contributed by atoms with Crippen LogP contribution in [0.15, 0.2) is 54.9 Å². The number of aliphatic hydroxyl groups is 1. The highest BCUT2D eigenvalue weighted by Gasteiger charge is 2.14. The molecule has 1 unspecified atom stereocenters. The number of carbonyl (C=O) groups excluding carboxylic acids is 1. The first-order valence-electron chi connectivity index (χ1n) is 7.83. The first-order valence-corrected chi connectivity index (χ1v) is 8.91. The molecule has 0 fully saturated rings. The van der Waals surface area contributed by atoms with E-state index in [-0.39, 0.29) is 12.4 Å². The third kappa shape index (κ3) is 4.58. The van der Waals surface area contributed by atoms with Crippen molar-refractivity contribution >= 4 is 34.2 Å². The number of anilines is 1. The predicted molar refractivity (Wildman–Crippen MR) is 105 cm³/mol. The summed E-state index contributed by atoms with van der Waals surface area (Å²) in [5.74, 6) is 0.366. The van der Waals surface area contributed by atoms with E-state index in [4.69, 9.17) is 4.74 Å². The number of amides is 1. The summed E-state index contributed by atoms with van der Waals surface area (Å²) in [6.07, 6.45) is 0.657. The summed E-state index contributed by atoms with van der Waals surface area (Å²) < 4.78 is 7.62. The Labute approximate surface area is 164 Å². The Bertz CT molecular complexity index is 878. The van der Waals surface area contributed by atoms with Crippen LogP contribution in [0.25, 0.3) is 0 Å². The highest BCUT2D eigenvalue weighted by molar-refractivity contribution is 14.1. The smallest absolute Gasteiger partial charge is 0.295 e. The number of rotatable bonds is 6. The molecule has 2 aromatic carbocycles. The molecule has 1 atom stereocenters. The van der Waals surface area contributed by atoms with Crippen molar-refractivity contribution in [2.75, 3.05) is 12.4 Å². The van der Waals surface area contributed by atoms with Crippen LogP contribution in [0.1, 0.15) is 22.3 Å². The highest BCUT2D eigenvalue weighted by Crippen LogP contribution is 2.19. The largest absolute Gasteiger partial charge is 0.497 e. The van der Waals surface area contributed by atoms with E-state index in [0.717, 1.165) is 14.9 Å². The molecule has 1 amide bonds. The molecular formula is C18H17IN4O3. The van der Waals surface area contributed by atoms with E-state index in [1.807, 2.05) is 24.3 Å². The molecule has 3 aromatic rings. The predicted octanol–water partition coefficient (Wildman–Crippen LogP) is 2.88. The monoisotopic (exact) mass is 464 g/mol. The fourth-order valence-corrected chi connectivity index (χ4v) is 2.68. The molecule has 0 aliphatic heterocycles. The number of aliphatic hydroxyl groups excluding tert-OH is 1. The first kappa shape index (κ1) is 18.3. The molecule has 1 heterocycles. The maximum absolute atomic E-state index is 12.2. The van der Waals surface area contributed by atoms with Crippen molar-refractivity contribution in [3.05, 3.63) is 69.8 Å². The minimum Gasteiger partial charge on any atom is -0.497 e. The lowest BCUT2D eigenvalue weighted by molar-refractivity contribution is 0.101. The minimum atomic E-state index is -0.769. The van der Waals surface area contributed by atoms with Crippen LogP contribution in [0.3, 0.4) is 0 Å². The average molecular weight is 464 g/mol. The lowest BCUT2D eigenvalue weighted by atomic mass is 10.1. The summed E-state index contributed by atoms with van der Waals surface area (Å²) in [5, 5.41) is 17.2. The van der Waals surface area contributed by atoms with Gasteiger partial charge in [-0.1, -0.05) is 12.1 Å². The van der Waals surface area contributed by atoms with E-state index < -0.39 is 12.0 Å². The second kappa shape index (κ2) is 8.28. The van der Waals surface area contributed by atoms with Gasteiger partial charge in [-0.15, -0.1) is 5.10 Å². The molecule has 7 nitrogen and oxygen atoms in total. The van der Waals surface area contributed by atoms with Crippen LogP contribution in [-0.4, -0.2) is 32.9 Å². The van der Waals surface area contributed by atoms with Crippen molar-refractivity contribution in [2.45, 2.75) is 12.6 Å². The molecule has 134 valence electrons.